The summed E-state index contributed by atoms with van der Waals surface area (Å²) in [5.74, 6) is 0.0573. The van der Waals surface area contributed by atoms with E-state index in [1.165, 1.54) is 28.9 Å². The monoisotopic (exact) mass is 684 g/mol. The summed E-state index contributed by atoms with van der Waals surface area (Å²) in [6.07, 6.45) is 2.12. The van der Waals surface area contributed by atoms with Crippen LogP contribution in [-0.4, -0.2) is 28.8 Å². The Morgan fingerprint density at radius 1 is 0.816 bits per heavy atom. The molecule has 2 rings (SSSR count). The van der Waals surface area contributed by atoms with Gasteiger partial charge in [-0.1, -0.05) is 0 Å². The van der Waals surface area contributed by atoms with Crippen LogP contribution in [0, 0.1) is 33.3 Å². The summed E-state index contributed by atoms with van der Waals surface area (Å²) >= 11 is 1.36. The fourth-order valence-corrected chi connectivity index (χ4v) is 3.47. The van der Waals surface area contributed by atoms with Gasteiger partial charge in [0.1, 0.15) is 0 Å². The number of benzene rings is 2. The molecule has 0 aliphatic carbocycles. The van der Waals surface area contributed by atoms with Crippen molar-refractivity contribution in [3.05, 3.63) is 122 Å². The number of allylic oxidation sites excluding steroid dienone is 3. The molecule has 1 unspecified atom stereocenters. The van der Waals surface area contributed by atoms with Crippen molar-refractivity contribution in [2.75, 3.05) is 14.1 Å². The molecule has 0 radical (unpaired) electrons. The molecular weight excluding hydrogens is 656 g/mol. The number of nitrogens with one attached hydrogen (secondary N) is 1. The molecule has 0 saturated carbocycles. The molecule has 9 heteroatoms. The number of ketones is 1. The average Bonchev–Trinajstić information content (AvgIpc) is 2.98. The van der Waals surface area contributed by atoms with Gasteiger partial charge in [0.15, 0.2) is 0 Å². The topological polar surface area (TPSA) is 132 Å². The van der Waals surface area contributed by atoms with Gasteiger partial charge in [0, 0.05) is 0 Å². The van der Waals surface area contributed by atoms with Crippen LogP contribution in [0.4, 0.5) is 0 Å². The Bertz CT molecular complexity index is 1080. The van der Waals surface area contributed by atoms with Gasteiger partial charge in [-0.05, 0) is 0 Å². The predicted molar refractivity (Wildman–Crippen MR) is 134 cm³/mol. The summed E-state index contributed by atoms with van der Waals surface area (Å²) in [7, 11) is 4.06. The summed E-state index contributed by atoms with van der Waals surface area (Å²) in [5, 5.41) is 3.53. The Hall–Kier alpha value is -3.39. The van der Waals surface area contributed by atoms with Crippen LogP contribution in [-0.2, 0) is 47.4 Å². The normalized spacial score (nSPS) is 10.4. The minimum absolute atomic E-state index is 0.0573. The van der Waals surface area contributed by atoms with E-state index in [9.17, 15) is 4.79 Å². The summed E-state index contributed by atoms with van der Waals surface area (Å²) in [6, 6.07) is 20.5. The van der Waals surface area contributed by atoms with Crippen LogP contribution in [0.1, 0.15) is 37.9 Å². The zero-order valence-corrected chi connectivity index (χ0v) is 24.7. The van der Waals surface area contributed by atoms with Gasteiger partial charge in [0.05, 0.1) is 0 Å². The zero-order chi connectivity index (χ0) is 30.7. The Morgan fingerprint density at radius 2 is 1.21 bits per heavy atom. The molecule has 2 aromatic rings. The van der Waals surface area contributed by atoms with Crippen LogP contribution in [0.2, 0.25) is 0 Å². The molecule has 0 aliphatic rings. The maximum atomic E-state index is 12.7. The quantitative estimate of drug-likeness (QED) is 0.192. The molecule has 1 N–H and O–H groups in total. The van der Waals surface area contributed by atoms with Crippen molar-refractivity contribution in [2.24, 2.45) is 0 Å². The number of hydrogen-bond acceptors (Lipinski definition) is 3. The van der Waals surface area contributed by atoms with E-state index in [-0.39, 0.29) is 11.8 Å². The third-order valence-corrected chi connectivity index (χ3v) is 6.26. The first kappa shape index (κ1) is 41.7. The van der Waals surface area contributed by atoms with Crippen LogP contribution in [0.3, 0.4) is 0 Å². The van der Waals surface area contributed by atoms with Crippen LogP contribution < -0.4 is 5.32 Å². The van der Waals surface area contributed by atoms with Crippen molar-refractivity contribution in [3.63, 3.8) is 0 Å². The molecule has 38 heavy (non-hydrogen) atoms. The van der Waals surface area contributed by atoms with Gasteiger partial charge < -0.3 is 0 Å². The van der Waals surface area contributed by atoms with Gasteiger partial charge in [-0.2, -0.15) is 0 Å². The molecule has 196 valence electrons. The second-order valence-corrected chi connectivity index (χ2v) is 8.49. The SMILES string of the molecule is CC(=O)C(/C(=C\[C](=[W])N(C)C)c1ccccc1)=C(/C)NC(C)c1ccccc1.[C-]#[O+].[C-]#[O+].[C-]#[O+].[C-]#[O+].[C-]#[O+]. The molecule has 0 fully saturated rings. The number of carbonyl (C=O) groups is 1. The predicted octanol–water partition coefficient (Wildman–Crippen LogP) is 4.33. The van der Waals surface area contributed by atoms with Gasteiger partial charge >= 0.3 is 236 Å². The molecule has 0 bridgehead atoms. The molecule has 0 aromatic heterocycles. The Kier molecular flexibility index (Phi) is 30.9. The first-order chi connectivity index (χ1) is 18.3. The van der Waals surface area contributed by atoms with E-state index in [0.717, 1.165) is 22.4 Å². The van der Waals surface area contributed by atoms with Crippen LogP contribution in [0.15, 0.2) is 78.0 Å². The molecule has 0 saturated heterocycles. The third-order valence-electron chi connectivity index (χ3n) is 4.52. The van der Waals surface area contributed by atoms with Crippen molar-refractivity contribution < 1.29 is 47.4 Å². The first-order valence-corrected chi connectivity index (χ1v) is 11.8. The molecule has 8 nitrogen and oxygen atoms in total. The number of hydrogen-bond donors (Lipinski definition) is 1. The molecule has 0 aliphatic heterocycles. The van der Waals surface area contributed by atoms with E-state index in [2.05, 4.69) is 80.7 Å². The van der Waals surface area contributed by atoms with Crippen molar-refractivity contribution >= 4 is 15.4 Å². The van der Waals surface area contributed by atoms with E-state index >= 15 is 0 Å². The second-order valence-electron chi connectivity index (χ2n) is 6.99. The average molecular weight is 684 g/mol. The van der Waals surface area contributed by atoms with Crippen molar-refractivity contribution in [3.8, 4) is 0 Å². The maximum absolute atomic E-state index is 12.7. The number of carbonyl (C=O) groups excluding carboxylic acids is 1. The van der Waals surface area contributed by atoms with Crippen LogP contribution in [0.5, 0.6) is 0 Å². The zero-order valence-electron chi connectivity index (χ0n) is 21.7. The fraction of sp³-hybridized carbons (Fsp3) is 0.207. The molecule has 2 aromatic carbocycles. The van der Waals surface area contributed by atoms with Gasteiger partial charge in [0.2, 0.25) is 0 Å². The number of nitrogens with zero attached hydrogens (tertiary/aromatic N) is 1. The number of likely N-dealkylation sites (N-methyl/N-ethyl adjacent to an activating group) is 1. The van der Waals surface area contributed by atoms with E-state index in [1.807, 2.05) is 57.4 Å². The molecule has 0 heterocycles. The van der Waals surface area contributed by atoms with Gasteiger partial charge in [-0.15, -0.1) is 0 Å². The minimum atomic E-state index is 0.0573. The van der Waals surface area contributed by atoms with Gasteiger partial charge in [0.25, 0.3) is 0 Å². The summed E-state index contributed by atoms with van der Waals surface area (Å²) in [4.78, 5) is 14.8. The van der Waals surface area contributed by atoms with Crippen LogP contribution in [0.25, 0.3) is 5.57 Å². The van der Waals surface area contributed by atoms with Crippen molar-refractivity contribution in [1.82, 2.24) is 10.2 Å². The molecule has 0 spiro atoms. The van der Waals surface area contributed by atoms with Crippen molar-refractivity contribution in [2.45, 2.75) is 26.8 Å². The fourth-order valence-electron chi connectivity index (χ4n) is 3.05. The van der Waals surface area contributed by atoms with E-state index in [4.69, 9.17) is 23.3 Å². The first-order valence-electron chi connectivity index (χ1n) is 10.4. The van der Waals surface area contributed by atoms with E-state index in [0.29, 0.717) is 0 Å². The standard InChI is InChI=1S/C24H28N2O.5CO.W/c1-18(21-12-8-6-9-13-21)25-19(2)24(20(3)27)23(16-17-26(4)5)22-14-10-7-11-15-22;5*1-2;/h6-16,18,25H,1-5H3;;;;;;/b23-16-,24-19+;;;;;;. The Morgan fingerprint density at radius 3 is 1.58 bits per heavy atom. The summed E-state index contributed by atoms with van der Waals surface area (Å²) < 4.78 is 38.7. The molecular formula is C29H28N2O6W. The van der Waals surface area contributed by atoms with Gasteiger partial charge in [-0.3, -0.25) is 0 Å². The third kappa shape index (κ3) is 16.4. The van der Waals surface area contributed by atoms with E-state index < -0.39 is 0 Å². The molecule has 0 amide bonds. The summed E-state index contributed by atoms with van der Waals surface area (Å²) in [6.45, 7) is 28.2. The van der Waals surface area contributed by atoms with Crippen molar-refractivity contribution in [1.29, 1.82) is 0 Å². The Labute approximate surface area is 235 Å². The molecule has 1 atom stereocenters. The summed E-state index contributed by atoms with van der Waals surface area (Å²) in [5.41, 5.74) is 4.81. The Balaban J connectivity index is -0.000000517. The van der Waals surface area contributed by atoms with E-state index in [1.54, 1.807) is 6.92 Å². The number of rotatable bonds is 8. The van der Waals surface area contributed by atoms with Gasteiger partial charge in [-0.25, -0.2) is 0 Å². The van der Waals surface area contributed by atoms with Crippen LogP contribution >= 0.6 is 0 Å². The second kappa shape index (κ2) is 28.2. The number of Topliss-reactive ketones (excluding diaryl/α,β-unsaturated/α-hetero) is 1.